The number of halogens is 1. The van der Waals surface area contributed by atoms with Crippen LogP contribution in [0.5, 0.6) is 0 Å². The van der Waals surface area contributed by atoms with E-state index in [1.807, 2.05) is 18.7 Å². The summed E-state index contributed by atoms with van der Waals surface area (Å²) in [6, 6.07) is 0. The van der Waals surface area contributed by atoms with Crippen LogP contribution in [-0.4, -0.2) is 34.2 Å². The van der Waals surface area contributed by atoms with E-state index in [-0.39, 0.29) is 18.1 Å². The Labute approximate surface area is 118 Å². The fourth-order valence-corrected chi connectivity index (χ4v) is 3.59. The Morgan fingerprint density at radius 1 is 1.53 bits per heavy atom. The maximum absolute atomic E-state index is 9.96. The van der Waals surface area contributed by atoms with Crippen molar-refractivity contribution in [3.05, 3.63) is 16.4 Å². The van der Waals surface area contributed by atoms with Crippen LogP contribution in [0.2, 0.25) is 5.02 Å². The Morgan fingerprint density at radius 2 is 2.26 bits per heavy atom. The molecular formula is C14H21ClN2O2. The Kier molecular flexibility index (Phi) is 3.36. The molecule has 0 amide bonds. The number of rotatable bonds is 4. The summed E-state index contributed by atoms with van der Waals surface area (Å²) >= 11 is 6.35. The van der Waals surface area contributed by atoms with Crippen LogP contribution in [-0.2, 0) is 18.2 Å². The van der Waals surface area contributed by atoms with Crippen molar-refractivity contribution >= 4 is 11.6 Å². The summed E-state index contributed by atoms with van der Waals surface area (Å²) in [4.78, 5) is 0. The van der Waals surface area contributed by atoms with Gasteiger partial charge in [-0.2, -0.15) is 5.10 Å². The molecular weight excluding hydrogens is 264 g/mol. The molecule has 0 bridgehead atoms. The van der Waals surface area contributed by atoms with E-state index in [2.05, 4.69) is 5.10 Å². The lowest BCUT2D eigenvalue weighted by Gasteiger charge is -2.32. The van der Waals surface area contributed by atoms with Crippen molar-refractivity contribution < 1.29 is 9.84 Å². The predicted molar refractivity (Wildman–Crippen MR) is 73.3 cm³/mol. The molecule has 0 aromatic carbocycles. The summed E-state index contributed by atoms with van der Waals surface area (Å²) in [5, 5.41) is 15.1. The molecule has 1 aliphatic carbocycles. The SMILES string of the molecule is Cc1nn(C)c(CC2(CO)CCOC2C2CC2)c1Cl. The number of aliphatic hydroxyl groups is 1. The second-order valence-corrected chi connectivity index (χ2v) is 6.42. The average Bonchev–Trinajstić information content (AvgIpc) is 3.11. The Morgan fingerprint density at radius 3 is 2.79 bits per heavy atom. The van der Waals surface area contributed by atoms with Gasteiger partial charge < -0.3 is 9.84 Å². The summed E-state index contributed by atoms with van der Waals surface area (Å²) in [7, 11) is 1.92. The molecule has 2 fully saturated rings. The lowest BCUT2D eigenvalue weighted by molar-refractivity contribution is -0.000291. The fourth-order valence-electron chi connectivity index (χ4n) is 3.36. The van der Waals surface area contributed by atoms with E-state index in [1.54, 1.807) is 0 Å². The van der Waals surface area contributed by atoms with E-state index in [9.17, 15) is 5.11 Å². The third-order valence-electron chi connectivity index (χ3n) is 4.65. The molecule has 106 valence electrons. The van der Waals surface area contributed by atoms with Gasteiger partial charge in [0.1, 0.15) is 0 Å². The second kappa shape index (κ2) is 4.76. The smallest absolute Gasteiger partial charge is 0.0847 e. The molecule has 3 rings (SSSR count). The predicted octanol–water partition coefficient (Wildman–Crippen LogP) is 2.10. The minimum absolute atomic E-state index is 0.161. The molecule has 1 N–H and O–H groups in total. The molecule has 4 nitrogen and oxygen atoms in total. The molecule has 1 aromatic rings. The van der Waals surface area contributed by atoms with Gasteiger partial charge in [0.15, 0.2) is 0 Å². The van der Waals surface area contributed by atoms with Gasteiger partial charge in [-0.15, -0.1) is 0 Å². The Hall–Kier alpha value is -0.580. The van der Waals surface area contributed by atoms with Gasteiger partial charge in [0.05, 0.1) is 29.1 Å². The van der Waals surface area contributed by atoms with Gasteiger partial charge in [-0.25, -0.2) is 0 Å². The number of nitrogens with zero attached hydrogens (tertiary/aromatic N) is 2. The third kappa shape index (κ3) is 2.20. The van der Waals surface area contributed by atoms with Crippen molar-refractivity contribution in [1.29, 1.82) is 0 Å². The van der Waals surface area contributed by atoms with Crippen LogP contribution in [0, 0.1) is 18.3 Å². The molecule has 1 aromatic heterocycles. The average molecular weight is 285 g/mol. The van der Waals surface area contributed by atoms with Crippen LogP contribution in [0.15, 0.2) is 0 Å². The van der Waals surface area contributed by atoms with E-state index in [1.165, 1.54) is 12.8 Å². The van der Waals surface area contributed by atoms with E-state index >= 15 is 0 Å². The Balaban J connectivity index is 1.90. The highest BCUT2D eigenvalue weighted by Gasteiger charge is 2.51. The number of hydrogen-bond acceptors (Lipinski definition) is 3. The van der Waals surface area contributed by atoms with Crippen molar-refractivity contribution in [1.82, 2.24) is 9.78 Å². The van der Waals surface area contributed by atoms with E-state index in [4.69, 9.17) is 16.3 Å². The summed E-state index contributed by atoms with van der Waals surface area (Å²) < 4.78 is 7.75. The number of hydrogen-bond donors (Lipinski definition) is 1. The Bertz CT molecular complexity index is 484. The first kappa shape index (κ1) is 13.4. The van der Waals surface area contributed by atoms with Crippen LogP contribution < -0.4 is 0 Å². The van der Waals surface area contributed by atoms with Gasteiger partial charge >= 0.3 is 0 Å². The first-order valence-electron chi connectivity index (χ1n) is 6.98. The van der Waals surface area contributed by atoms with Crippen LogP contribution in [0.4, 0.5) is 0 Å². The van der Waals surface area contributed by atoms with Crippen LogP contribution in [0.1, 0.15) is 30.7 Å². The third-order valence-corrected chi connectivity index (χ3v) is 5.14. The van der Waals surface area contributed by atoms with Crippen molar-refractivity contribution in [2.45, 2.75) is 38.7 Å². The minimum Gasteiger partial charge on any atom is -0.396 e. The van der Waals surface area contributed by atoms with Crippen molar-refractivity contribution in [2.75, 3.05) is 13.2 Å². The molecule has 2 unspecified atom stereocenters. The molecule has 0 radical (unpaired) electrons. The topological polar surface area (TPSA) is 47.3 Å². The largest absolute Gasteiger partial charge is 0.396 e. The van der Waals surface area contributed by atoms with E-state index < -0.39 is 0 Å². The summed E-state index contributed by atoms with van der Waals surface area (Å²) in [6.07, 6.45) is 4.30. The van der Waals surface area contributed by atoms with Gasteiger partial charge in [0.2, 0.25) is 0 Å². The lowest BCUT2D eigenvalue weighted by atomic mass is 9.76. The van der Waals surface area contributed by atoms with E-state index in [0.717, 1.165) is 35.9 Å². The summed E-state index contributed by atoms with van der Waals surface area (Å²) in [6.45, 7) is 2.83. The monoisotopic (exact) mass is 284 g/mol. The molecule has 5 heteroatoms. The first-order chi connectivity index (χ1) is 9.07. The minimum atomic E-state index is -0.176. The van der Waals surface area contributed by atoms with Crippen molar-refractivity contribution in [2.24, 2.45) is 18.4 Å². The number of ether oxygens (including phenoxy) is 1. The zero-order valence-electron chi connectivity index (χ0n) is 11.5. The standard InChI is InChI=1S/C14H21ClN2O2/c1-9-12(15)11(17(2)16-9)7-14(8-18)5-6-19-13(14)10-3-4-10/h10,13,18H,3-8H2,1-2H3. The highest BCUT2D eigenvalue weighted by atomic mass is 35.5. The summed E-state index contributed by atoms with van der Waals surface area (Å²) in [5.41, 5.74) is 1.70. The fraction of sp³-hybridized carbons (Fsp3) is 0.786. The zero-order chi connectivity index (χ0) is 13.6. The van der Waals surface area contributed by atoms with Gasteiger partial charge in [0, 0.05) is 25.5 Å². The highest BCUT2D eigenvalue weighted by Crippen LogP contribution is 2.49. The van der Waals surface area contributed by atoms with Crippen LogP contribution in [0.3, 0.4) is 0 Å². The second-order valence-electron chi connectivity index (χ2n) is 6.05. The normalized spacial score (nSPS) is 31.1. The van der Waals surface area contributed by atoms with Crippen LogP contribution in [0.25, 0.3) is 0 Å². The van der Waals surface area contributed by atoms with Gasteiger partial charge in [-0.05, 0) is 32.1 Å². The maximum atomic E-state index is 9.96. The highest BCUT2D eigenvalue weighted by molar-refractivity contribution is 6.31. The van der Waals surface area contributed by atoms with Gasteiger partial charge in [0.25, 0.3) is 0 Å². The molecule has 2 aliphatic rings. The number of aliphatic hydroxyl groups excluding tert-OH is 1. The van der Waals surface area contributed by atoms with Gasteiger partial charge in [-0.3, -0.25) is 4.68 Å². The van der Waals surface area contributed by atoms with Gasteiger partial charge in [-0.1, -0.05) is 11.6 Å². The summed E-state index contributed by atoms with van der Waals surface area (Å²) in [5.74, 6) is 0.628. The van der Waals surface area contributed by atoms with Crippen molar-refractivity contribution in [3.63, 3.8) is 0 Å². The number of aromatic nitrogens is 2. The lowest BCUT2D eigenvalue weighted by Crippen LogP contribution is -2.39. The molecule has 2 atom stereocenters. The first-order valence-corrected chi connectivity index (χ1v) is 7.35. The molecule has 1 saturated carbocycles. The number of aryl methyl sites for hydroxylation is 2. The molecule has 19 heavy (non-hydrogen) atoms. The molecule has 1 saturated heterocycles. The van der Waals surface area contributed by atoms with E-state index in [0.29, 0.717) is 5.92 Å². The zero-order valence-corrected chi connectivity index (χ0v) is 12.3. The van der Waals surface area contributed by atoms with Crippen molar-refractivity contribution in [3.8, 4) is 0 Å². The maximum Gasteiger partial charge on any atom is 0.0847 e. The molecule has 2 heterocycles. The molecule has 0 spiro atoms. The quantitative estimate of drug-likeness (QED) is 0.921. The molecule has 1 aliphatic heterocycles. The van der Waals surface area contributed by atoms with Crippen LogP contribution >= 0.6 is 11.6 Å².